The van der Waals surface area contributed by atoms with Crippen LogP contribution in [-0.4, -0.2) is 76.4 Å². The molecule has 270 valence electrons. The molecule has 2 saturated carbocycles. The topological polar surface area (TPSA) is 91.2 Å². The van der Waals surface area contributed by atoms with Crippen molar-refractivity contribution in [2.75, 3.05) is 32.1 Å². The minimum Gasteiger partial charge on any atom is -0.497 e. The molecular weight excluding hydrogens is 630 g/mol. The molecule has 2 aliphatic carbocycles. The van der Waals surface area contributed by atoms with Crippen LogP contribution in [0.4, 0.5) is 10.6 Å². The first-order chi connectivity index (χ1) is 23.7. The SMILES string of the molecule is C=CC(=C)CCN(CC1CC(C[C@H]2C[C@@H](n3ccc4c(N(C)Cc5ccc(OC)cc5)ncnc43)[C@@H]3OC(C)(C)O[C@H]23)C1)C(=O)OC(C)(C)C. The number of carbonyl (C=O) groups excluding carboxylic acids is 1. The first-order valence-electron chi connectivity index (χ1n) is 18.0. The lowest BCUT2D eigenvalue weighted by Crippen LogP contribution is -2.43. The van der Waals surface area contributed by atoms with Gasteiger partial charge in [-0.25, -0.2) is 14.8 Å². The van der Waals surface area contributed by atoms with Crippen LogP contribution in [0.3, 0.4) is 0 Å². The van der Waals surface area contributed by atoms with Gasteiger partial charge in [-0.05, 0) is 108 Å². The average molecular weight is 686 g/mol. The van der Waals surface area contributed by atoms with Crippen molar-refractivity contribution in [3.63, 3.8) is 0 Å². The van der Waals surface area contributed by atoms with Gasteiger partial charge in [0.2, 0.25) is 0 Å². The van der Waals surface area contributed by atoms with Crippen molar-refractivity contribution >= 4 is 22.9 Å². The summed E-state index contributed by atoms with van der Waals surface area (Å²) in [7, 11) is 3.75. The summed E-state index contributed by atoms with van der Waals surface area (Å²) >= 11 is 0. The van der Waals surface area contributed by atoms with Crippen LogP contribution in [0.5, 0.6) is 5.75 Å². The number of fused-ring (bicyclic) bond motifs is 2. The fraction of sp³-hybridized carbons (Fsp3) is 0.575. The minimum atomic E-state index is -0.639. The third-order valence-corrected chi connectivity index (χ3v) is 10.4. The molecule has 1 aromatic carbocycles. The number of hydrogen-bond donors (Lipinski definition) is 0. The summed E-state index contributed by atoms with van der Waals surface area (Å²) in [5.74, 6) is 2.51. The largest absolute Gasteiger partial charge is 0.497 e. The van der Waals surface area contributed by atoms with E-state index in [0.717, 1.165) is 53.9 Å². The molecule has 2 aromatic heterocycles. The van der Waals surface area contributed by atoms with E-state index >= 15 is 0 Å². The van der Waals surface area contributed by atoms with Gasteiger partial charge in [-0.2, -0.15) is 0 Å². The number of rotatable bonds is 13. The highest BCUT2D eigenvalue weighted by atomic mass is 16.8. The molecule has 1 saturated heterocycles. The molecule has 50 heavy (non-hydrogen) atoms. The van der Waals surface area contributed by atoms with Crippen LogP contribution in [0.25, 0.3) is 11.0 Å². The molecule has 0 bridgehead atoms. The van der Waals surface area contributed by atoms with E-state index in [1.165, 1.54) is 5.56 Å². The normalized spacial score (nSPS) is 25.5. The van der Waals surface area contributed by atoms with E-state index in [1.807, 2.05) is 51.7 Å². The van der Waals surface area contributed by atoms with Crippen LogP contribution in [-0.2, 0) is 20.8 Å². The van der Waals surface area contributed by atoms with Gasteiger partial charge in [-0.1, -0.05) is 36.9 Å². The Morgan fingerprint density at radius 3 is 2.48 bits per heavy atom. The number of allylic oxidation sites excluding steroid dienone is 1. The zero-order valence-electron chi connectivity index (χ0n) is 30.9. The molecule has 1 aliphatic heterocycles. The van der Waals surface area contributed by atoms with Crippen LogP contribution in [0.2, 0.25) is 0 Å². The van der Waals surface area contributed by atoms with Crippen LogP contribution < -0.4 is 9.64 Å². The van der Waals surface area contributed by atoms with E-state index in [9.17, 15) is 4.79 Å². The second-order valence-electron chi connectivity index (χ2n) is 16.0. The van der Waals surface area contributed by atoms with Crippen LogP contribution in [0.15, 0.2) is 67.7 Å². The Balaban J connectivity index is 1.12. The highest BCUT2D eigenvalue weighted by molar-refractivity contribution is 5.88. The second-order valence-corrected chi connectivity index (χ2v) is 16.0. The molecule has 1 amide bonds. The van der Waals surface area contributed by atoms with E-state index in [1.54, 1.807) is 19.5 Å². The van der Waals surface area contributed by atoms with Gasteiger partial charge >= 0.3 is 6.09 Å². The number of benzene rings is 1. The molecular formula is C40H55N5O5. The summed E-state index contributed by atoms with van der Waals surface area (Å²) in [6.07, 6.45) is 10.2. The van der Waals surface area contributed by atoms with E-state index in [-0.39, 0.29) is 24.3 Å². The predicted molar refractivity (Wildman–Crippen MR) is 196 cm³/mol. The molecule has 0 unspecified atom stereocenters. The highest BCUT2D eigenvalue weighted by Crippen LogP contribution is 2.52. The first-order valence-corrected chi connectivity index (χ1v) is 18.0. The van der Waals surface area contributed by atoms with E-state index in [0.29, 0.717) is 43.8 Å². The molecule has 6 rings (SSSR count). The van der Waals surface area contributed by atoms with Gasteiger partial charge in [0, 0.05) is 32.9 Å². The number of anilines is 1. The Bertz CT molecular complexity index is 1670. The number of nitrogens with zero attached hydrogens (tertiary/aromatic N) is 5. The lowest BCUT2D eigenvalue weighted by atomic mass is 9.70. The lowest BCUT2D eigenvalue weighted by Gasteiger charge is -2.40. The monoisotopic (exact) mass is 685 g/mol. The Morgan fingerprint density at radius 2 is 1.80 bits per heavy atom. The van der Waals surface area contributed by atoms with E-state index in [2.05, 4.69) is 54.1 Å². The van der Waals surface area contributed by atoms with Gasteiger partial charge in [-0.15, -0.1) is 0 Å². The third kappa shape index (κ3) is 8.02. The summed E-state index contributed by atoms with van der Waals surface area (Å²) < 4.78 is 26.6. The van der Waals surface area contributed by atoms with Crippen molar-refractivity contribution in [3.8, 4) is 5.75 Å². The Labute approximate surface area is 297 Å². The molecule has 10 nitrogen and oxygen atoms in total. The first kappa shape index (κ1) is 35.9. The number of hydrogen-bond acceptors (Lipinski definition) is 8. The van der Waals surface area contributed by atoms with Crippen molar-refractivity contribution in [3.05, 3.63) is 73.2 Å². The van der Waals surface area contributed by atoms with Crippen LogP contribution in [0.1, 0.15) is 78.3 Å². The fourth-order valence-corrected chi connectivity index (χ4v) is 8.09. The lowest BCUT2D eigenvalue weighted by molar-refractivity contribution is -0.161. The van der Waals surface area contributed by atoms with E-state index < -0.39 is 11.4 Å². The Kier molecular flexibility index (Phi) is 10.3. The molecule has 0 N–H and O–H groups in total. The maximum atomic E-state index is 13.1. The molecule has 3 aliphatic rings. The Morgan fingerprint density at radius 1 is 1.08 bits per heavy atom. The standard InChI is InChI=1S/C40H55N5O5/c1-10-26(2)15-17-44(38(46)50-39(3,4)5)24-29-19-28(20-29)21-30-22-33(35-34(30)48-40(6,7)49-35)45-18-16-32-36(41-25-42-37(32)45)43(8)23-27-11-13-31(47-9)14-12-27/h10-14,16,18,25,28-30,33-35H,1-2,15,17,19-24H2,3-9H3/t28?,29?,30-,33+,34+,35-/m0/s1. The Hall–Kier alpha value is -3.89. The van der Waals surface area contributed by atoms with Crippen molar-refractivity contribution in [2.45, 2.75) is 103 Å². The number of carbonyl (C=O) groups is 1. The molecule has 0 radical (unpaired) electrons. The highest BCUT2D eigenvalue weighted by Gasteiger charge is 2.55. The number of ether oxygens (including phenoxy) is 4. The summed E-state index contributed by atoms with van der Waals surface area (Å²) in [6, 6.07) is 10.4. The van der Waals surface area contributed by atoms with Crippen molar-refractivity contribution in [1.29, 1.82) is 0 Å². The summed E-state index contributed by atoms with van der Waals surface area (Å²) in [5.41, 5.74) is 2.48. The molecule has 10 heteroatoms. The summed E-state index contributed by atoms with van der Waals surface area (Å²) in [5, 5.41) is 1.02. The maximum Gasteiger partial charge on any atom is 0.410 e. The molecule has 3 fully saturated rings. The minimum absolute atomic E-state index is 0.0220. The van der Waals surface area contributed by atoms with Gasteiger partial charge < -0.3 is 33.3 Å². The fourth-order valence-electron chi connectivity index (χ4n) is 8.09. The van der Waals surface area contributed by atoms with Crippen molar-refractivity contribution in [1.82, 2.24) is 19.4 Å². The quantitative estimate of drug-likeness (QED) is 0.168. The number of methoxy groups -OCH3 is 1. The zero-order valence-corrected chi connectivity index (χ0v) is 30.9. The van der Waals surface area contributed by atoms with Gasteiger partial charge in [0.15, 0.2) is 5.79 Å². The average Bonchev–Trinajstić information content (AvgIpc) is 3.71. The summed E-state index contributed by atoms with van der Waals surface area (Å²) in [4.78, 5) is 26.6. The maximum absolute atomic E-state index is 13.1. The summed E-state index contributed by atoms with van der Waals surface area (Å²) in [6.45, 7) is 19.6. The number of aromatic nitrogens is 3. The number of amides is 1. The van der Waals surface area contributed by atoms with Gasteiger partial charge in [0.05, 0.1) is 24.6 Å². The zero-order chi connectivity index (χ0) is 35.8. The smallest absolute Gasteiger partial charge is 0.410 e. The van der Waals surface area contributed by atoms with Crippen molar-refractivity contribution < 1.29 is 23.7 Å². The van der Waals surface area contributed by atoms with Gasteiger partial charge in [-0.3, -0.25) is 0 Å². The third-order valence-electron chi connectivity index (χ3n) is 10.4. The van der Waals surface area contributed by atoms with Gasteiger partial charge in [0.25, 0.3) is 0 Å². The molecule has 3 aromatic rings. The van der Waals surface area contributed by atoms with Crippen LogP contribution in [0, 0.1) is 17.8 Å². The molecule has 4 atom stereocenters. The van der Waals surface area contributed by atoms with Crippen molar-refractivity contribution in [2.24, 2.45) is 17.8 Å². The predicted octanol–water partition coefficient (Wildman–Crippen LogP) is 7.94. The van der Waals surface area contributed by atoms with E-state index in [4.69, 9.17) is 28.9 Å². The van der Waals surface area contributed by atoms with Crippen LogP contribution >= 0.6 is 0 Å². The van der Waals surface area contributed by atoms with Gasteiger partial charge in [0.1, 0.15) is 35.2 Å². The molecule has 0 spiro atoms. The molecule has 3 heterocycles. The second kappa shape index (κ2) is 14.4.